The predicted molar refractivity (Wildman–Crippen MR) is 40.7 cm³/mol. The average Bonchev–Trinajstić information content (AvgIpc) is 1.75. The van der Waals surface area contributed by atoms with Crippen LogP contribution in [0.15, 0.2) is 0 Å². The molecule has 1 saturated heterocycles. The van der Waals surface area contributed by atoms with Gasteiger partial charge in [-0.25, -0.2) is 0 Å². The van der Waals surface area contributed by atoms with Crippen LogP contribution in [0.2, 0.25) is 0 Å². The average molecular weight is 144 g/mol. The topological polar surface area (TPSA) is 15.7 Å². The molecular formula is C7H16N2O. The van der Waals surface area contributed by atoms with Gasteiger partial charge < -0.3 is 4.90 Å². The first-order chi connectivity index (χ1) is 4.79. The van der Waals surface area contributed by atoms with Gasteiger partial charge in [-0.3, -0.25) is 4.84 Å². The van der Waals surface area contributed by atoms with Crippen molar-refractivity contribution in [2.24, 2.45) is 0 Å². The first-order valence-corrected chi connectivity index (χ1v) is 3.81. The molecule has 1 aliphatic rings. The normalized spacial score (nSPS) is 19.5. The van der Waals surface area contributed by atoms with Crippen LogP contribution in [-0.4, -0.2) is 50.3 Å². The maximum Gasteiger partial charge on any atom is 0.0811 e. The van der Waals surface area contributed by atoms with E-state index in [4.69, 9.17) is 4.84 Å². The van der Waals surface area contributed by atoms with Crippen LogP contribution in [-0.2, 0) is 4.84 Å². The monoisotopic (exact) mass is 144 g/mol. The number of hydrogen-bond donors (Lipinski definition) is 0. The molecule has 1 aliphatic heterocycles. The minimum Gasteiger partial charge on any atom is -0.301 e. The number of hydroxylamine groups is 2. The van der Waals surface area contributed by atoms with Gasteiger partial charge in [0.15, 0.2) is 0 Å². The summed E-state index contributed by atoms with van der Waals surface area (Å²) < 4.78 is 0. The first kappa shape index (κ1) is 7.98. The van der Waals surface area contributed by atoms with Gasteiger partial charge in [-0.15, -0.1) is 0 Å². The molecule has 0 atom stereocenters. The van der Waals surface area contributed by atoms with Crippen LogP contribution in [0.4, 0.5) is 0 Å². The summed E-state index contributed by atoms with van der Waals surface area (Å²) in [5.41, 5.74) is 0. The molecule has 0 bridgehead atoms. The zero-order valence-corrected chi connectivity index (χ0v) is 6.84. The first-order valence-electron chi connectivity index (χ1n) is 3.81. The van der Waals surface area contributed by atoms with E-state index in [1.807, 2.05) is 14.1 Å². The van der Waals surface area contributed by atoms with E-state index in [-0.39, 0.29) is 0 Å². The van der Waals surface area contributed by atoms with Crippen molar-refractivity contribution in [2.75, 3.05) is 40.3 Å². The predicted octanol–water partition coefficient (Wildman–Crippen LogP) is 0.185. The van der Waals surface area contributed by atoms with Crippen LogP contribution in [0.25, 0.3) is 0 Å². The van der Waals surface area contributed by atoms with Crippen LogP contribution in [0.1, 0.15) is 6.42 Å². The van der Waals surface area contributed by atoms with E-state index in [1.54, 1.807) is 5.06 Å². The molecule has 0 radical (unpaired) electrons. The van der Waals surface area contributed by atoms with E-state index in [0.29, 0.717) is 0 Å². The molecule has 0 aromatic carbocycles. The van der Waals surface area contributed by atoms with E-state index in [1.165, 1.54) is 19.5 Å². The van der Waals surface area contributed by atoms with Gasteiger partial charge in [-0.2, -0.15) is 5.06 Å². The molecule has 0 aromatic rings. The Balaban J connectivity index is 1.85. The molecule has 0 aliphatic carbocycles. The zero-order chi connectivity index (χ0) is 7.40. The Kier molecular flexibility index (Phi) is 3.12. The van der Waals surface area contributed by atoms with Crippen molar-refractivity contribution in [3.63, 3.8) is 0 Å². The van der Waals surface area contributed by atoms with E-state index >= 15 is 0 Å². The van der Waals surface area contributed by atoms with Gasteiger partial charge in [0.25, 0.3) is 0 Å². The highest BCUT2D eigenvalue weighted by atomic mass is 16.7. The summed E-state index contributed by atoms with van der Waals surface area (Å²) in [5, 5.41) is 1.75. The van der Waals surface area contributed by atoms with Crippen LogP contribution < -0.4 is 0 Å². The molecule has 0 saturated carbocycles. The molecule has 0 unspecified atom stereocenters. The Bertz CT molecular complexity index is 91.6. The quantitative estimate of drug-likeness (QED) is 0.524. The lowest BCUT2D eigenvalue weighted by molar-refractivity contribution is -0.126. The molecule has 0 aromatic heterocycles. The summed E-state index contributed by atoms with van der Waals surface area (Å²) in [6.45, 7) is 4.43. The van der Waals surface area contributed by atoms with Gasteiger partial charge in [-0.1, -0.05) is 0 Å². The van der Waals surface area contributed by atoms with E-state index in [0.717, 1.165) is 13.2 Å². The minimum absolute atomic E-state index is 0.826. The Morgan fingerprint density at radius 2 is 2.10 bits per heavy atom. The second-order valence-corrected chi connectivity index (χ2v) is 2.84. The Morgan fingerprint density at radius 3 is 2.50 bits per heavy atom. The molecule has 1 rings (SSSR count). The third-order valence-corrected chi connectivity index (χ3v) is 1.71. The second kappa shape index (κ2) is 3.91. The van der Waals surface area contributed by atoms with Crippen molar-refractivity contribution in [2.45, 2.75) is 6.42 Å². The number of hydrogen-bond acceptors (Lipinski definition) is 3. The molecule has 1 heterocycles. The molecular weight excluding hydrogens is 128 g/mol. The van der Waals surface area contributed by atoms with Gasteiger partial charge in [0.1, 0.15) is 0 Å². The summed E-state index contributed by atoms with van der Waals surface area (Å²) in [5.74, 6) is 0. The lowest BCUT2D eigenvalue weighted by Gasteiger charge is -2.30. The maximum atomic E-state index is 5.24. The summed E-state index contributed by atoms with van der Waals surface area (Å²) in [4.78, 5) is 7.63. The fourth-order valence-corrected chi connectivity index (χ4v) is 0.958. The minimum atomic E-state index is 0.826. The van der Waals surface area contributed by atoms with Crippen molar-refractivity contribution < 1.29 is 4.84 Å². The van der Waals surface area contributed by atoms with Crippen LogP contribution >= 0.6 is 0 Å². The summed E-state index contributed by atoms with van der Waals surface area (Å²) >= 11 is 0. The molecule has 0 amide bonds. The van der Waals surface area contributed by atoms with Crippen molar-refractivity contribution in [1.29, 1.82) is 0 Å². The third kappa shape index (κ3) is 2.64. The van der Waals surface area contributed by atoms with Gasteiger partial charge in [0, 0.05) is 20.6 Å². The number of likely N-dealkylation sites (tertiary alicyclic amines) is 1. The van der Waals surface area contributed by atoms with Crippen LogP contribution in [0.3, 0.4) is 0 Å². The highest BCUT2D eigenvalue weighted by Gasteiger charge is 2.12. The Hall–Kier alpha value is -0.120. The van der Waals surface area contributed by atoms with E-state index < -0.39 is 0 Å². The molecule has 1 fully saturated rings. The molecule has 10 heavy (non-hydrogen) atoms. The standard InChI is InChI=1S/C7H16N2O/c1-8(2)10-7-6-9-4-3-5-9/h3-7H2,1-2H3. The largest absolute Gasteiger partial charge is 0.301 e. The molecule has 3 heteroatoms. The highest BCUT2D eigenvalue weighted by Crippen LogP contribution is 2.03. The van der Waals surface area contributed by atoms with Crippen molar-refractivity contribution in [3.05, 3.63) is 0 Å². The Morgan fingerprint density at radius 1 is 1.40 bits per heavy atom. The van der Waals surface area contributed by atoms with E-state index in [2.05, 4.69) is 4.90 Å². The molecule has 3 nitrogen and oxygen atoms in total. The van der Waals surface area contributed by atoms with Gasteiger partial charge >= 0.3 is 0 Å². The smallest absolute Gasteiger partial charge is 0.0811 e. The summed E-state index contributed by atoms with van der Waals surface area (Å²) in [6, 6.07) is 0. The van der Waals surface area contributed by atoms with Gasteiger partial charge in [0.05, 0.1) is 6.61 Å². The molecule has 60 valence electrons. The second-order valence-electron chi connectivity index (χ2n) is 2.84. The lowest BCUT2D eigenvalue weighted by atomic mass is 10.2. The summed E-state index contributed by atoms with van der Waals surface area (Å²) in [6.07, 6.45) is 1.36. The maximum absolute atomic E-state index is 5.24. The fourth-order valence-electron chi connectivity index (χ4n) is 0.958. The van der Waals surface area contributed by atoms with Crippen molar-refractivity contribution in [1.82, 2.24) is 9.96 Å². The number of rotatable bonds is 4. The number of nitrogens with zero attached hydrogens (tertiary/aromatic N) is 2. The van der Waals surface area contributed by atoms with Crippen LogP contribution in [0, 0.1) is 0 Å². The molecule has 0 spiro atoms. The molecule has 0 N–H and O–H groups in total. The zero-order valence-electron chi connectivity index (χ0n) is 6.84. The SMILES string of the molecule is CN(C)OCCN1CCC1. The van der Waals surface area contributed by atoms with Gasteiger partial charge in [-0.05, 0) is 19.5 Å². The van der Waals surface area contributed by atoms with Crippen molar-refractivity contribution >= 4 is 0 Å². The summed E-state index contributed by atoms with van der Waals surface area (Å²) in [7, 11) is 3.83. The van der Waals surface area contributed by atoms with E-state index in [9.17, 15) is 0 Å². The van der Waals surface area contributed by atoms with Gasteiger partial charge in [0.2, 0.25) is 0 Å². The highest BCUT2D eigenvalue weighted by molar-refractivity contribution is 4.66. The third-order valence-electron chi connectivity index (χ3n) is 1.71. The van der Waals surface area contributed by atoms with Crippen LogP contribution in [0.5, 0.6) is 0 Å². The van der Waals surface area contributed by atoms with Crippen molar-refractivity contribution in [3.8, 4) is 0 Å². The fraction of sp³-hybridized carbons (Fsp3) is 1.00. The lowest BCUT2D eigenvalue weighted by Crippen LogP contribution is -2.39. The Labute approximate surface area is 62.5 Å².